The first kappa shape index (κ1) is 15.4. The third-order valence-electron chi connectivity index (χ3n) is 3.51. The fourth-order valence-electron chi connectivity index (χ4n) is 2.45. The first-order valence-electron chi connectivity index (χ1n) is 6.72. The molecule has 7 heteroatoms. The molecule has 0 aliphatic carbocycles. The van der Waals surface area contributed by atoms with Gasteiger partial charge in [-0.25, -0.2) is 9.18 Å². The molecule has 0 bridgehead atoms. The SMILES string of the molecule is COc1ccc2c(c1OC)C(=O)OC2Nc1ccc(F)c(Cl)c1. The lowest BCUT2D eigenvalue weighted by Gasteiger charge is -2.15. The lowest BCUT2D eigenvalue weighted by molar-refractivity contribution is 0.0435. The summed E-state index contributed by atoms with van der Waals surface area (Å²) in [6, 6.07) is 7.56. The Hall–Kier alpha value is -2.47. The van der Waals surface area contributed by atoms with Gasteiger partial charge in [0.25, 0.3) is 0 Å². The van der Waals surface area contributed by atoms with Crippen LogP contribution < -0.4 is 14.8 Å². The standard InChI is InChI=1S/C16H13ClFNO4/c1-21-12-6-4-9-13(14(12)22-2)16(20)23-15(9)19-8-3-5-11(18)10(17)7-8/h3-7,15,19H,1-2H3. The second kappa shape index (κ2) is 5.96. The average molecular weight is 338 g/mol. The van der Waals surface area contributed by atoms with Crippen LogP contribution in [0.25, 0.3) is 0 Å². The molecule has 3 rings (SSSR count). The van der Waals surface area contributed by atoms with Crippen molar-refractivity contribution in [3.05, 3.63) is 52.3 Å². The van der Waals surface area contributed by atoms with Crippen molar-refractivity contribution < 1.29 is 23.4 Å². The smallest absolute Gasteiger partial charge is 0.344 e. The third kappa shape index (κ3) is 2.66. The molecule has 1 aliphatic rings. The molecular weight excluding hydrogens is 325 g/mol. The van der Waals surface area contributed by atoms with Gasteiger partial charge in [0, 0.05) is 11.3 Å². The number of anilines is 1. The lowest BCUT2D eigenvalue weighted by atomic mass is 10.1. The van der Waals surface area contributed by atoms with E-state index < -0.39 is 18.0 Å². The Morgan fingerprint density at radius 2 is 2.00 bits per heavy atom. The first-order chi connectivity index (χ1) is 11.0. The van der Waals surface area contributed by atoms with Gasteiger partial charge in [0.2, 0.25) is 6.23 Å². The average Bonchev–Trinajstić information content (AvgIpc) is 2.86. The molecule has 1 aliphatic heterocycles. The maximum absolute atomic E-state index is 13.2. The fourth-order valence-corrected chi connectivity index (χ4v) is 2.63. The molecular formula is C16H13ClFNO4. The van der Waals surface area contributed by atoms with Crippen LogP contribution >= 0.6 is 11.6 Å². The summed E-state index contributed by atoms with van der Waals surface area (Å²) in [4.78, 5) is 12.2. The highest BCUT2D eigenvalue weighted by atomic mass is 35.5. The highest BCUT2D eigenvalue weighted by Crippen LogP contribution is 2.42. The first-order valence-corrected chi connectivity index (χ1v) is 7.10. The van der Waals surface area contributed by atoms with Gasteiger partial charge in [0.05, 0.1) is 19.2 Å². The van der Waals surface area contributed by atoms with E-state index in [9.17, 15) is 9.18 Å². The quantitative estimate of drug-likeness (QED) is 0.860. The minimum absolute atomic E-state index is 0.0214. The zero-order chi connectivity index (χ0) is 16.6. The van der Waals surface area contributed by atoms with Crippen molar-refractivity contribution in [3.8, 4) is 11.5 Å². The Kier molecular flexibility index (Phi) is 4.00. The van der Waals surface area contributed by atoms with Crippen LogP contribution in [0.15, 0.2) is 30.3 Å². The molecule has 120 valence electrons. The van der Waals surface area contributed by atoms with Crippen LogP contribution in [0.1, 0.15) is 22.1 Å². The van der Waals surface area contributed by atoms with Gasteiger partial charge < -0.3 is 19.5 Å². The molecule has 1 atom stereocenters. The Morgan fingerprint density at radius 3 is 2.65 bits per heavy atom. The zero-order valence-corrected chi connectivity index (χ0v) is 13.1. The van der Waals surface area contributed by atoms with Crippen molar-refractivity contribution in [1.82, 2.24) is 0 Å². The topological polar surface area (TPSA) is 56.8 Å². The molecule has 1 heterocycles. The predicted octanol–water partition coefficient (Wildman–Crippen LogP) is 3.78. The number of halogens is 2. The van der Waals surface area contributed by atoms with E-state index in [-0.39, 0.29) is 5.02 Å². The van der Waals surface area contributed by atoms with E-state index in [1.54, 1.807) is 12.1 Å². The molecule has 0 amide bonds. The number of hydrogen-bond donors (Lipinski definition) is 1. The maximum Gasteiger partial charge on any atom is 0.344 e. The number of ether oxygens (including phenoxy) is 3. The molecule has 0 saturated heterocycles. The number of benzene rings is 2. The molecule has 0 aromatic heterocycles. The summed E-state index contributed by atoms with van der Waals surface area (Å²) < 4.78 is 29.0. The number of rotatable bonds is 4. The highest BCUT2D eigenvalue weighted by Gasteiger charge is 2.35. The van der Waals surface area contributed by atoms with Gasteiger partial charge in [-0.15, -0.1) is 0 Å². The van der Waals surface area contributed by atoms with Gasteiger partial charge in [-0.2, -0.15) is 0 Å². The minimum Gasteiger partial charge on any atom is -0.493 e. The Labute approximate surface area is 136 Å². The van der Waals surface area contributed by atoms with Crippen LogP contribution in [-0.4, -0.2) is 20.2 Å². The number of carbonyl (C=O) groups excluding carboxylic acids is 1. The summed E-state index contributed by atoms with van der Waals surface area (Å²) in [7, 11) is 2.94. The molecule has 2 aromatic rings. The molecule has 2 aromatic carbocycles. The lowest BCUT2D eigenvalue weighted by Crippen LogP contribution is -2.10. The number of nitrogens with one attached hydrogen (secondary N) is 1. The molecule has 23 heavy (non-hydrogen) atoms. The van der Waals surface area contributed by atoms with Gasteiger partial charge >= 0.3 is 5.97 Å². The number of methoxy groups -OCH3 is 2. The molecule has 5 nitrogen and oxygen atoms in total. The molecule has 0 spiro atoms. The van der Waals surface area contributed by atoms with Gasteiger partial charge in [-0.05, 0) is 30.3 Å². The second-order valence-corrected chi connectivity index (χ2v) is 5.23. The molecule has 0 fully saturated rings. The summed E-state index contributed by atoms with van der Waals surface area (Å²) >= 11 is 5.76. The summed E-state index contributed by atoms with van der Waals surface area (Å²) in [6.45, 7) is 0. The minimum atomic E-state index is -0.723. The fraction of sp³-hybridized carbons (Fsp3) is 0.188. The van der Waals surface area contributed by atoms with Crippen molar-refractivity contribution in [2.45, 2.75) is 6.23 Å². The van der Waals surface area contributed by atoms with Gasteiger partial charge in [0.15, 0.2) is 11.5 Å². The van der Waals surface area contributed by atoms with E-state index in [4.69, 9.17) is 25.8 Å². The van der Waals surface area contributed by atoms with Crippen LogP contribution in [-0.2, 0) is 4.74 Å². The summed E-state index contributed by atoms with van der Waals surface area (Å²) in [6.07, 6.45) is -0.723. The number of fused-ring (bicyclic) bond motifs is 1. The Morgan fingerprint density at radius 1 is 1.22 bits per heavy atom. The van der Waals surface area contributed by atoms with Gasteiger partial charge in [0.1, 0.15) is 11.4 Å². The van der Waals surface area contributed by atoms with Crippen LogP contribution in [0, 0.1) is 5.82 Å². The highest BCUT2D eigenvalue weighted by molar-refractivity contribution is 6.31. The maximum atomic E-state index is 13.2. The van der Waals surface area contributed by atoms with Gasteiger partial charge in [-0.1, -0.05) is 11.6 Å². The van der Waals surface area contributed by atoms with Crippen molar-refractivity contribution in [1.29, 1.82) is 0 Å². The summed E-state index contributed by atoms with van der Waals surface area (Å²) in [5.74, 6) is -0.293. The van der Waals surface area contributed by atoms with Crippen LogP contribution in [0.3, 0.4) is 0 Å². The second-order valence-electron chi connectivity index (χ2n) is 4.82. The van der Waals surface area contributed by atoms with Crippen LogP contribution in [0.2, 0.25) is 5.02 Å². The van der Waals surface area contributed by atoms with E-state index in [0.29, 0.717) is 28.3 Å². The number of hydrogen-bond acceptors (Lipinski definition) is 5. The van der Waals surface area contributed by atoms with E-state index in [1.807, 2.05) is 0 Å². The largest absolute Gasteiger partial charge is 0.493 e. The van der Waals surface area contributed by atoms with E-state index in [0.717, 1.165) is 0 Å². The van der Waals surface area contributed by atoms with Crippen LogP contribution in [0.4, 0.5) is 10.1 Å². The molecule has 1 N–H and O–H groups in total. The number of carbonyl (C=O) groups is 1. The van der Waals surface area contributed by atoms with Crippen molar-refractivity contribution in [2.24, 2.45) is 0 Å². The number of esters is 1. The predicted molar refractivity (Wildman–Crippen MR) is 82.7 cm³/mol. The van der Waals surface area contributed by atoms with Gasteiger partial charge in [-0.3, -0.25) is 0 Å². The van der Waals surface area contributed by atoms with E-state index in [1.165, 1.54) is 32.4 Å². The zero-order valence-electron chi connectivity index (χ0n) is 12.4. The van der Waals surface area contributed by atoms with Crippen molar-refractivity contribution >= 4 is 23.3 Å². The van der Waals surface area contributed by atoms with E-state index in [2.05, 4.69) is 5.32 Å². The molecule has 0 saturated carbocycles. The van der Waals surface area contributed by atoms with Crippen molar-refractivity contribution in [3.63, 3.8) is 0 Å². The molecule has 1 unspecified atom stereocenters. The monoisotopic (exact) mass is 337 g/mol. The normalized spacial score (nSPS) is 15.8. The third-order valence-corrected chi connectivity index (χ3v) is 3.80. The van der Waals surface area contributed by atoms with Crippen molar-refractivity contribution in [2.75, 3.05) is 19.5 Å². The molecule has 0 radical (unpaired) electrons. The summed E-state index contributed by atoms with van der Waals surface area (Å²) in [5, 5.41) is 2.97. The summed E-state index contributed by atoms with van der Waals surface area (Å²) in [5.41, 5.74) is 1.43. The Bertz CT molecular complexity index is 781. The Balaban J connectivity index is 1.97. The van der Waals surface area contributed by atoms with E-state index >= 15 is 0 Å². The van der Waals surface area contributed by atoms with Crippen LogP contribution in [0.5, 0.6) is 11.5 Å². The number of cyclic esters (lactones) is 1.